The number of aromatic nitrogens is 1. The van der Waals surface area contributed by atoms with Gasteiger partial charge in [0, 0.05) is 28.4 Å². The molecule has 0 radical (unpaired) electrons. The van der Waals surface area contributed by atoms with Crippen molar-refractivity contribution in [3.63, 3.8) is 0 Å². The maximum absolute atomic E-state index is 5.82. The van der Waals surface area contributed by atoms with E-state index in [2.05, 4.69) is 45.2 Å². The minimum Gasteiger partial charge on any atom is -0.330 e. The van der Waals surface area contributed by atoms with Gasteiger partial charge in [0.25, 0.3) is 0 Å². The minimum atomic E-state index is 0.360. The van der Waals surface area contributed by atoms with Gasteiger partial charge in [-0.15, -0.1) is 11.3 Å². The van der Waals surface area contributed by atoms with Crippen LogP contribution in [0, 0.1) is 0 Å². The fourth-order valence-corrected chi connectivity index (χ4v) is 2.60. The summed E-state index contributed by atoms with van der Waals surface area (Å²) in [6.45, 7) is 0.654. The van der Waals surface area contributed by atoms with Gasteiger partial charge in [0.15, 0.2) is 0 Å². The van der Waals surface area contributed by atoms with E-state index >= 15 is 0 Å². The molecule has 16 heavy (non-hydrogen) atoms. The number of hydrogen-bond donors (Lipinski definition) is 1. The van der Waals surface area contributed by atoms with Gasteiger partial charge >= 0.3 is 0 Å². The zero-order chi connectivity index (χ0) is 11.4. The summed E-state index contributed by atoms with van der Waals surface area (Å²) in [6, 6.07) is 8.35. The fourth-order valence-electron chi connectivity index (χ4n) is 1.64. The molecule has 1 aromatic heterocycles. The molecular formula is C12H13BrN2S. The summed E-state index contributed by atoms with van der Waals surface area (Å²) in [4.78, 5) is 4.30. The van der Waals surface area contributed by atoms with E-state index in [-0.39, 0.29) is 0 Å². The molecule has 2 nitrogen and oxygen atoms in total. The molecule has 0 saturated carbocycles. The van der Waals surface area contributed by atoms with Crippen LogP contribution in [0.2, 0.25) is 0 Å². The van der Waals surface area contributed by atoms with E-state index < -0.39 is 0 Å². The summed E-state index contributed by atoms with van der Waals surface area (Å²) in [5.41, 5.74) is 7.10. The molecule has 0 aliphatic carbocycles. The lowest BCUT2D eigenvalue weighted by Crippen LogP contribution is -2.14. The summed E-state index contributed by atoms with van der Waals surface area (Å²) in [5.74, 6) is 0.360. The van der Waals surface area contributed by atoms with Crippen molar-refractivity contribution in [2.45, 2.75) is 12.3 Å². The van der Waals surface area contributed by atoms with Crippen molar-refractivity contribution >= 4 is 27.3 Å². The van der Waals surface area contributed by atoms with E-state index in [1.807, 2.05) is 11.6 Å². The maximum Gasteiger partial charge on any atom is 0.0931 e. The Kier molecular flexibility index (Phi) is 4.09. The lowest BCUT2D eigenvalue weighted by molar-refractivity contribution is 0.691. The van der Waals surface area contributed by atoms with Gasteiger partial charge in [0.1, 0.15) is 0 Å². The van der Waals surface area contributed by atoms with Gasteiger partial charge in [0.2, 0.25) is 0 Å². The highest BCUT2D eigenvalue weighted by Crippen LogP contribution is 2.22. The zero-order valence-corrected chi connectivity index (χ0v) is 11.2. The average Bonchev–Trinajstić information content (AvgIpc) is 2.80. The highest BCUT2D eigenvalue weighted by Gasteiger charge is 2.11. The Morgan fingerprint density at radius 2 is 2.06 bits per heavy atom. The van der Waals surface area contributed by atoms with Gasteiger partial charge in [-0.1, -0.05) is 28.1 Å². The molecule has 1 heterocycles. The quantitative estimate of drug-likeness (QED) is 0.941. The van der Waals surface area contributed by atoms with Gasteiger partial charge < -0.3 is 5.73 Å². The number of rotatable bonds is 4. The smallest absolute Gasteiger partial charge is 0.0931 e. The molecule has 0 amide bonds. The summed E-state index contributed by atoms with van der Waals surface area (Å²) < 4.78 is 1.10. The number of hydrogen-bond acceptors (Lipinski definition) is 3. The number of halogens is 1. The molecule has 84 valence electrons. The number of thiazole rings is 1. The van der Waals surface area contributed by atoms with Crippen LogP contribution in [-0.4, -0.2) is 11.5 Å². The lowest BCUT2D eigenvalue weighted by Gasteiger charge is -2.13. The van der Waals surface area contributed by atoms with Crippen molar-refractivity contribution in [3.05, 3.63) is 50.9 Å². The molecule has 0 saturated heterocycles. The van der Waals surface area contributed by atoms with Gasteiger partial charge in [-0.2, -0.15) is 0 Å². The normalized spacial score (nSPS) is 12.6. The van der Waals surface area contributed by atoms with Crippen molar-refractivity contribution in [1.29, 1.82) is 0 Å². The summed E-state index contributed by atoms with van der Waals surface area (Å²) in [5, 5.41) is 3.16. The van der Waals surface area contributed by atoms with E-state index in [1.54, 1.807) is 11.3 Å². The van der Waals surface area contributed by atoms with Crippen molar-refractivity contribution in [2.75, 3.05) is 6.54 Å². The molecule has 1 aromatic carbocycles. The Morgan fingerprint density at radius 3 is 2.62 bits per heavy atom. The molecule has 0 aliphatic heterocycles. The molecule has 1 atom stereocenters. The first-order valence-corrected chi connectivity index (χ1v) is 6.80. The Hall–Kier alpha value is -0.710. The van der Waals surface area contributed by atoms with Crippen LogP contribution in [0.25, 0.3) is 0 Å². The maximum atomic E-state index is 5.82. The fraction of sp³-hybridized carbons (Fsp3) is 0.250. The van der Waals surface area contributed by atoms with E-state index in [1.165, 1.54) is 5.56 Å². The Morgan fingerprint density at radius 1 is 1.31 bits per heavy atom. The zero-order valence-electron chi connectivity index (χ0n) is 8.77. The van der Waals surface area contributed by atoms with Crippen LogP contribution in [0.1, 0.15) is 16.5 Å². The first kappa shape index (κ1) is 11.8. The molecule has 0 bridgehead atoms. The number of benzene rings is 1. The summed E-state index contributed by atoms with van der Waals surface area (Å²) >= 11 is 5.12. The van der Waals surface area contributed by atoms with Crippen LogP contribution in [0.4, 0.5) is 0 Å². The first-order valence-electron chi connectivity index (χ1n) is 5.13. The van der Waals surface area contributed by atoms with Crippen LogP contribution < -0.4 is 5.73 Å². The largest absolute Gasteiger partial charge is 0.330 e. The monoisotopic (exact) mass is 296 g/mol. The van der Waals surface area contributed by atoms with Gasteiger partial charge in [-0.25, -0.2) is 4.98 Å². The Bertz CT molecular complexity index is 425. The first-order chi connectivity index (χ1) is 7.79. The topological polar surface area (TPSA) is 38.9 Å². The molecule has 4 heteroatoms. The number of nitrogens with two attached hydrogens (primary N) is 1. The number of nitrogens with zero attached hydrogens (tertiary/aromatic N) is 1. The Balaban J connectivity index is 2.13. The van der Waals surface area contributed by atoms with E-state index in [4.69, 9.17) is 5.73 Å². The average molecular weight is 297 g/mol. The third-order valence-electron chi connectivity index (χ3n) is 2.53. The van der Waals surface area contributed by atoms with Crippen molar-refractivity contribution in [2.24, 2.45) is 5.73 Å². The second-order valence-electron chi connectivity index (χ2n) is 3.61. The van der Waals surface area contributed by atoms with Crippen molar-refractivity contribution in [1.82, 2.24) is 4.98 Å². The molecule has 0 aliphatic rings. The predicted molar refractivity (Wildman–Crippen MR) is 71.8 cm³/mol. The van der Waals surface area contributed by atoms with Crippen LogP contribution >= 0.6 is 27.3 Å². The molecule has 2 aromatic rings. The second kappa shape index (κ2) is 5.57. The third kappa shape index (κ3) is 2.90. The predicted octanol–water partition coefficient (Wildman–Crippen LogP) is 3.19. The molecule has 2 rings (SSSR count). The molecule has 0 spiro atoms. The molecular weight excluding hydrogens is 284 g/mol. The highest BCUT2D eigenvalue weighted by atomic mass is 79.9. The van der Waals surface area contributed by atoms with Crippen LogP contribution in [0.3, 0.4) is 0 Å². The highest BCUT2D eigenvalue weighted by molar-refractivity contribution is 9.10. The Labute approximate surface area is 108 Å². The van der Waals surface area contributed by atoms with Crippen LogP contribution in [-0.2, 0) is 6.42 Å². The van der Waals surface area contributed by atoms with Gasteiger partial charge in [0.05, 0.1) is 5.01 Å². The van der Waals surface area contributed by atoms with Gasteiger partial charge in [-0.05, 0) is 24.2 Å². The van der Waals surface area contributed by atoms with Crippen LogP contribution in [0.5, 0.6) is 0 Å². The van der Waals surface area contributed by atoms with E-state index in [0.29, 0.717) is 12.5 Å². The molecule has 1 unspecified atom stereocenters. The van der Waals surface area contributed by atoms with Crippen molar-refractivity contribution in [3.8, 4) is 0 Å². The van der Waals surface area contributed by atoms with E-state index in [0.717, 1.165) is 15.9 Å². The van der Waals surface area contributed by atoms with Crippen LogP contribution in [0.15, 0.2) is 40.3 Å². The summed E-state index contributed by atoms with van der Waals surface area (Å²) in [6.07, 6.45) is 2.77. The lowest BCUT2D eigenvalue weighted by atomic mass is 9.96. The van der Waals surface area contributed by atoms with E-state index in [9.17, 15) is 0 Å². The third-order valence-corrected chi connectivity index (χ3v) is 3.86. The summed E-state index contributed by atoms with van der Waals surface area (Å²) in [7, 11) is 0. The molecule has 2 N–H and O–H groups in total. The minimum absolute atomic E-state index is 0.360. The SMILES string of the molecule is NCC(Cc1nccs1)c1ccc(Br)cc1. The molecule has 0 fully saturated rings. The van der Waals surface area contributed by atoms with Crippen molar-refractivity contribution < 1.29 is 0 Å². The second-order valence-corrected chi connectivity index (χ2v) is 5.51. The van der Waals surface area contributed by atoms with Gasteiger partial charge in [-0.3, -0.25) is 0 Å². The standard InChI is InChI=1S/C12H13BrN2S/c13-11-3-1-9(2-4-11)10(8-14)7-12-15-5-6-16-12/h1-6,10H,7-8,14H2.